The largest absolute Gasteiger partial charge is 0.379 e. The van der Waals surface area contributed by atoms with Crippen LogP contribution in [0.1, 0.15) is 29.6 Å². The average Bonchev–Trinajstić information content (AvgIpc) is 3.49. The zero-order chi connectivity index (χ0) is 26.9. The second-order valence-electron chi connectivity index (χ2n) is 9.68. The Kier molecular flexibility index (Phi) is 7.06. The van der Waals surface area contributed by atoms with Crippen LogP contribution in [0.2, 0.25) is 0 Å². The number of rotatable bonds is 8. The maximum atomic E-state index is 14.7. The standard InChI is InChI=1S/C26H28F3N7O2/c1-26(28,29)15-36-21-7-3-6-19(32-20-8-10-35(2)14-18(20)27)17(21)11-22(36)24-33-23(38-34-24)13-31-25(37)16-5-4-9-30-12-16/h3-7,9,11-12,18,20,32H,8,10,13-15H2,1-2H3,(H,31,37)/t18-,20+/m0/s1. The number of anilines is 1. The fourth-order valence-corrected chi connectivity index (χ4v) is 4.65. The second-order valence-corrected chi connectivity index (χ2v) is 9.68. The monoisotopic (exact) mass is 527 g/mol. The van der Waals surface area contributed by atoms with E-state index in [-0.39, 0.29) is 24.2 Å². The van der Waals surface area contributed by atoms with Gasteiger partial charge in [-0.3, -0.25) is 9.78 Å². The molecule has 9 nitrogen and oxygen atoms in total. The fourth-order valence-electron chi connectivity index (χ4n) is 4.65. The molecule has 0 bridgehead atoms. The van der Waals surface area contributed by atoms with E-state index in [0.717, 1.165) is 13.5 Å². The molecule has 5 rings (SSSR count). The molecule has 1 saturated heterocycles. The predicted octanol–water partition coefficient (Wildman–Crippen LogP) is 4.13. The van der Waals surface area contributed by atoms with E-state index < -0.39 is 24.7 Å². The normalized spacial score (nSPS) is 18.6. The molecule has 1 fully saturated rings. The zero-order valence-electron chi connectivity index (χ0n) is 21.0. The van der Waals surface area contributed by atoms with Crippen molar-refractivity contribution in [1.29, 1.82) is 0 Å². The summed E-state index contributed by atoms with van der Waals surface area (Å²) in [5.74, 6) is -3.17. The molecule has 1 aromatic carbocycles. The third-order valence-corrected chi connectivity index (χ3v) is 6.49. The van der Waals surface area contributed by atoms with E-state index >= 15 is 0 Å². The maximum absolute atomic E-state index is 14.7. The summed E-state index contributed by atoms with van der Waals surface area (Å²) in [7, 11) is 1.88. The molecule has 0 unspecified atom stereocenters. The van der Waals surface area contributed by atoms with Gasteiger partial charge in [-0.2, -0.15) is 4.98 Å². The summed E-state index contributed by atoms with van der Waals surface area (Å²) in [4.78, 5) is 22.5. The number of pyridine rings is 1. The minimum atomic E-state index is -3.02. The van der Waals surface area contributed by atoms with Crippen LogP contribution < -0.4 is 10.6 Å². The van der Waals surface area contributed by atoms with Gasteiger partial charge in [0.2, 0.25) is 11.7 Å². The molecule has 38 heavy (non-hydrogen) atoms. The summed E-state index contributed by atoms with van der Waals surface area (Å²) >= 11 is 0. The molecule has 0 saturated carbocycles. The Labute approximate surface area is 217 Å². The number of carbonyl (C=O) groups excluding carboxylic acids is 1. The molecule has 3 aromatic heterocycles. The Hall–Kier alpha value is -3.93. The Morgan fingerprint density at radius 1 is 1.26 bits per heavy atom. The van der Waals surface area contributed by atoms with Crippen LogP contribution in [0.25, 0.3) is 22.4 Å². The number of nitrogens with zero attached hydrogens (tertiary/aromatic N) is 5. The highest BCUT2D eigenvalue weighted by molar-refractivity contribution is 5.96. The van der Waals surface area contributed by atoms with Crippen molar-refractivity contribution < 1.29 is 22.5 Å². The van der Waals surface area contributed by atoms with Gasteiger partial charge in [0.1, 0.15) is 6.17 Å². The third kappa shape index (κ3) is 5.64. The molecule has 0 aliphatic carbocycles. The number of carbonyl (C=O) groups is 1. The number of piperidine rings is 1. The van der Waals surface area contributed by atoms with Gasteiger partial charge in [0, 0.05) is 43.5 Å². The molecule has 4 heterocycles. The van der Waals surface area contributed by atoms with Crippen molar-refractivity contribution in [2.75, 3.05) is 25.5 Å². The summed E-state index contributed by atoms with van der Waals surface area (Å²) in [6.07, 6.45) is 2.55. The first kappa shape index (κ1) is 25.7. The highest BCUT2D eigenvalue weighted by Crippen LogP contribution is 2.34. The number of fused-ring (bicyclic) bond motifs is 1. The maximum Gasteiger partial charge on any atom is 0.262 e. The first-order valence-corrected chi connectivity index (χ1v) is 12.3. The van der Waals surface area contributed by atoms with Crippen LogP contribution in [-0.2, 0) is 13.1 Å². The summed E-state index contributed by atoms with van der Waals surface area (Å²) < 4.78 is 49.9. The topological polar surface area (TPSA) is 101 Å². The molecule has 2 atom stereocenters. The van der Waals surface area contributed by atoms with E-state index in [1.54, 1.807) is 42.6 Å². The molecule has 2 N–H and O–H groups in total. The lowest BCUT2D eigenvalue weighted by Gasteiger charge is -2.33. The van der Waals surface area contributed by atoms with E-state index in [2.05, 4.69) is 25.8 Å². The Morgan fingerprint density at radius 3 is 2.84 bits per heavy atom. The molecular weight excluding hydrogens is 499 g/mol. The van der Waals surface area contributed by atoms with Gasteiger partial charge >= 0.3 is 0 Å². The molecule has 4 aromatic rings. The number of alkyl halides is 3. The number of hydrogen-bond acceptors (Lipinski definition) is 7. The number of nitrogens with one attached hydrogen (secondary N) is 2. The fraction of sp³-hybridized carbons (Fsp3) is 0.385. The van der Waals surface area contributed by atoms with Gasteiger partial charge in [0.25, 0.3) is 11.8 Å². The lowest BCUT2D eigenvalue weighted by atomic mass is 10.0. The SMILES string of the molecule is CN1CC[C@@H](Nc2cccc3c2cc(-c2noc(CNC(=O)c4cccnc4)n2)n3CC(C)(F)F)[C@@H](F)C1. The van der Waals surface area contributed by atoms with Crippen LogP contribution in [0.15, 0.2) is 53.3 Å². The van der Waals surface area contributed by atoms with Crippen molar-refractivity contribution in [3.8, 4) is 11.5 Å². The van der Waals surface area contributed by atoms with Gasteiger partial charge in [-0.1, -0.05) is 11.2 Å². The van der Waals surface area contributed by atoms with Crippen LogP contribution >= 0.6 is 0 Å². The van der Waals surface area contributed by atoms with Crippen molar-refractivity contribution >= 4 is 22.5 Å². The van der Waals surface area contributed by atoms with Crippen molar-refractivity contribution in [3.05, 3.63) is 60.2 Å². The van der Waals surface area contributed by atoms with Gasteiger partial charge < -0.3 is 24.6 Å². The highest BCUT2D eigenvalue weighted by atomic mass is 19.3. The molecule has 1 aliphatic heterocycles. The minimum Gasteiger partial charge on any atom is -0.379 e. The van der Waals surface area contributed by atoms with E-state index in [4.69, 9.17) is 4.52 Å². The molecule has 1 amide bonds. The van der Waals surface area contributed by atoms with Crippen LogP contribution in [-0.4, -0.2) is 68.8 Å². The Bertz CT molecular complexity index is 1420. The van der Waals surface area contributed by atoms with Gasteiger partial charge in [0.05, 0.1) is 35.9 Å². The molecule has 12 heteroatoms. The molecule has 0 spiro atoms. The number of amides is 1. The number of halogens is 3. The number of aromatic nitrogens is 4. The third-order valence-electron chi connectivity index (χ3n) is 6.49. The van der Waals surface area contributed by atoms with Gasteiger partial charge in [-0.15, -0.1) is 0 Å². The average molecular weight is 528 g/mol. The van der Waals surface area contributed by atoms with E-state index in [0.29, 0.717) is 40.8 Å². The van der Waals surface area contributed by atoms with Crippen LogP contribution in [0.5, 0.6) is 0 Å². The van der Waals surface area contributed by atoms with Crippen molar-refractivity contribution in [3.63, 3.8) is 0 Å². The highest BCUT2D eigenvalue weighted by Gasteiger charge is 2.30. The van der Waals surface area contributed by atoms with Gasteiger partial charge in [-0.25, -0.2) is 13.2 Å². The molecule has 1 aliphatic rings. The van der Waals surface area contributed by atoms with Crippen molar-refractivity contribution in [2.24, 2.45) is 0 Å². The van der Waals surface area contributed by atoms with Crippen LogP contribution in [0.3, 0.4) is 0 Å². The first-order chi connectivity index (χ1) is 18.2. The summed E-state index contributed by atoms with van der Waals surface area (Å²) in [5, 5.41) is 10.6. The smallest absolute Gasteiger partial charge is 0.262 e. The minimum absolute atomic E-state index is 0.0499. The van der Waals surface area contributed by atoms with E-state index in [1.165, 1.54) is 10.8 Å². The van der Waals surface area contributed by atoms with Crippen molar-refractivity contribution in [1.82, 2.24) is 29.9 Å². The lowest BCUT2D eigenvalue weighted by molar-refractivity contribution is 0.00545. The number of hydrogen-bond donors (Lipinski definition) is 2. The Morgan fingerprint density at radius 2 is 2.11 bits per heavy atom. The van der Waals surface area contributed by atoms with Crippen LogP contribution in [0, 0.1) is 0 Å². The molecular formula is C26H28F3N7O2. The Balaban J connectivity index is 1.44. The number of likely N-dealkylation sites (tertiary alicyclic amines) is 1. The first-order valence-electron chi connectivity index (χ1n) is 12.3. The van der Waals surface area contributed by atoms with Crippen LogP contribution in [0.4, 0.5) is 18.9 Å². The summed E-state index contributed by atoms with van der Waals surface area (Å²) in [6, 6.07) is 9.86. The van der Waals surface area contributed by atoms with E-state index in [9.17, 15) is 18.0 Å². The zero-order valence-corrected chi connectivity index (χ0v) is 21.0. The van der Waals surface area contributed by atoms with E-state index in [1.807, 2.05) is 11.9 Å². The number of benzene rings is 1. The lowest BCUT2D eigenvalue weighted by Crippen LogP contribution is -2.46. The molecule has 0 radical (unpaired) electrons. The second kappa shape index (κ2) is 10.4. The summed E-state index contributed by atoms with van der Waals surface area (Å²) in [6.45, 7) is 1.26. The molecule has 200 valence electrons. The van der Waals surface area contributed by atoms with Gasteiger partial charge in [0.15, 0.2) is 0 Å². The predicted molar refractivity (Wildman–Crippen MR) is 136 cm³/mol. The van der Waals surface area contributed by atoms with Crippen molar-refractivity contribution in [2.45, 2.75) is 44.6 Å². The van der Waals surface area contributed by atoms with Gasteiger partial charge in [-0.05, 0) is 43.8 Å². The quantitative estimate of drug-likeness (QED) is 0.355. The summed E-state index contributed by atoms with van der Waals surface area (Å²) in [5.41, 5.74) is 1.87.